The molecule has 2 N–H and O–H groups in total. The van der Waals surface area contributed by atoms with Gasteiger partial charge in [-0.2, -0.15) is 0 Å². The van der Waals surface area contributed by atoms with Crippen molar-refractivity contribution in [2.24, 2.45) is 5.41 Å². The number of nitrogens with one attached hydrogen (secondary N) is 1. The number of phenols is 1. The number of aromatic nitrogens is 1. The number of rotatable bonds is 4. The van der Waals surface area contributed by atoms with Crippen molar-refractivity contribution in [2.75, 3.05) is 13.2 Å². The molecule has 1 aliphatic rings. The first kappa shape index (κ1) is 22.4. The normalized spacial score (nSPS) is 15.0. The molecule has 1 saturated heterocycles. The summed E-state index contributed by atoms with van der Waals surface area (Å²) in [6, 6.07) is 11.3. The average Bonchev–Trinajstić information content (AvgIpc) is 2.77. The number of hydrogen-bond donors (Lipinski definition) is 2. The zero-order valence-electron chi connectivity index (χ0n) is 18.2. The fraction of sp³-hybridized carbons (Fsp3) is 0.231. The van der Waals surface area contributed by atoms with Crippen molar-refractivity contribution >= 4 is 5.91 Å². The summed E-state index contributed by atoms with van der Waals surface area (Å²) < 4.78 is 32.6. The van der Waals surface area contributed by atoms with E-state index in [-0.39, 0.29) is 22.4 Å². The van der Waals surface area contributed by atoms with E-state index in [0.29, 0.717) is 30.0 Å². The van der Waals surface area contributed by atoms with Crippen LogP contribution < -0.4 is 5.32 Å². The van der Waals surface area contributed by atoms with Crippen molar-refractivity contribution < 1.29 is 23.4 Å². The summed E-state index contributed by atoms with van der Waals surface area (Å²) in [5, 5.41) is 13.1. The SMILES string of the molecule is Cc1cc(C#CC2(C)COC2)cc(C(=O)NC(c2ccc(F)cc2)c2cc(F)ccc2O)n1. The van der Waals surface area contributed by atoms with Crippen LogP contribution in [0.2, 0.25) is 0 Å². The van der Waals surface area contributed by atoms with Crippen LogP contribution in [0.15, 0.2) is 54.6 Å². The van der Waals surface area contributed by atoms with Crippen LogP contribution in [0.25, 0.3) is 0 Å². The van der Waals surface area contributed by atoms with E-state index in [2.05, 4.69) is 22.1 Å². The van der Waals surface area contributed by atoms with Gasteiger partial charge in [-0.05, 0) is 61.9 Å². The van der Waals surface area contributed by atoms with E-state index in [1.807, 2.05) is 6.92 Å². The Kier molecular flexibility index (Phi) is 6.12. The molecule has 168 valence electrons. The molecule has 1 aromatic heterocycles. The van der Waals surface area contributed by atoms with E-state index in [1.54, 1.807) is 19.1 Å². The van der Waals surface area contributed by atoms with Crippen LogP contribution in [0.4, 0.5) is 8.78 Å². The lowest BCUT2D eigenvalue weighted by Crippen LogP contribution is -2.38. The summed E-state index contributed by atoms with van der Waals surface area (Å²) in [6.07, 6.45) is 0. The van der Waals surface area contributed by atoms with Gasteiger partial charge in [-0.1, -0.05) is 24.0 Å². The Hall–Kier alpha value is -3.76. The fourth-order valence-corrected chi connectivity index (χ4v) is 3.52. The topological polar surface area (TPSA) is 71.5 Å². The fourth-order valence-electron chi connectivity index (χ4n) is 3.52. The van der Waals surface area contributed by atoms with Crippen LogP contribution >= 0.6 is 0 Å². The lowest BCUT2D eigenvalue weighted by atomic mass is 9.89. The first-order chi connectivity index (χ1) is 15.7. The van der Waals surface area contributed by atoms with Crippen LogP contribution in [0.1, 0.15) is 45.8 Å². The van der Waals surface area contributed by atoms with Gasteiger partial charge in [0.1, 0.15) is 23.1 Å². The highest BCUT2D eigenvalue weighted by molar-refractivity contribution is 5.93. The third kappa shape index (κ3) is 5.18. The molecule has 1 aliphatic heterocycles. The lowest BCUT2D eigenvalue weighted by molar-refractivity contribution is -0.0648. The van der Waals surface area contributed by atoms with E-state index < -0.39 is 23.6 Å². The largest absolute Gasteiger partial charge is 0.508 e. The molecule has 1 fully saturated rings. The Morgan fingerprint density at radius 2 is 1.82 bits per heavy atom. The Labute approximate surface area is 190 Å². The number of carbonyl (C=O) groups is 1. The number of ether oxygens (including phenoxy) is 1. The minimum Gasteiger partial charge on any atom is -0.508 e. The van der Waals surface area contributed by atoms with E-state index in [9.17, 15) is 18.7 Å². The van der Waals surface area contributed by atoms with E-state index in [4.69, 9.17) is 4.74 Å². The average molecular weight is 448 g/mol. The number of nitrogens with zero attached hydrogens (tertiary/aromatic N) is 1. The molecule has 4 rings (SSSR count). The smallest absolute Gasteiger partial charge is 0.270 e. The van der Waals surface area contributed by atoms with Gasteiger partial charge in [-0.3, -0.25) is 4.79 Å². The summed E-state index contributed by atoms with van der Waals surface area (Å²) in [5.41, 5.74) is 1.76. The number of pyridine rings is 1. The van der Waals surface area contributed by atoms with Crippen molar-refractivity contribution in [1.29, 1.82) is 0 Å². The van der Waals surface area contributed by atoms with Gasteiger partial charge < -0.3 is 15.2 Å². The zero-order chi connectivity index (χ0) is 23.6. The highest BCUT2D eigenvalue weighted by Crippen LogP contribution is 2.31. The minimum absolute atomic E-state index is 0.123. The molecular weight excluding hydrogens is 426 g/mol. The van der Waals surface area contributed by atoms with Gasteiger partial charge in [0.15, 0.2) is 0 Å². The maximum atomic E-state index is 13.9. The predicted molar refractivity (Wildman–Crippen MR) is 119 cm³/mol. The molecule has 0 saturated carbocycles. The van der Waals surface area contributed by atoms with Gasteiger partial charge in [0, 0.05) is 16.8 Å². The van der Waals surface area contributed by atoms with Gasteiger partial charge in [0.25, 0.3) is 5.91 Å². The Morgan fingerprint density at radius 1 is 1.12 bits per heavy atom. The van der Waals surface area contributed by atoms with Gasteiger partial charge in [-0.25, -0.2) is 13.8 Å². The van der Waals surface area contributed by atoms with Gasteiger partial charge in [0.2, 0.25) is 0 Å². The molecule has 3 aromatic rings. The van der Waals surface area contributed by atoms with Crippen LogP contribution in [0, 0.1) is 35.8 Å². The van der Waals surface area contributed by atoms with Crippen LogP contribution in [0.3, 0.4) is 0 Å². The summed E-state index contributed by atoms with van der Waals surface area (Å²) >= 11 is 0. The standard InChI is InChI=1S/C26H22F2N2O3/c1-16-11-17(9-10-26(2)14-33-15-26)12-22(29-16)25(32)30-24(18-3-5-19(27)6-4-18)21-13-20(28)7-8-23(21)31/h3-8,11-13,24,31H,14-15H2,1-2H3,(H,30,32). The summed E-state index contributed by atoms with van der Waals surface area (Å²) in [7, 11) is 0. The number of aromatic hydroxyl groups is 1. The molecule has 1 atom stereocenters. The van der Waals surface area contributed by atoms with Crippen LogP contribution in [-0.2, 0) is 4.74 Å². The summed E-state index contributed by atoms with van der Waals surface area (Å²) in [5.74, 6) is 4.47. The molecule has 1 amide bonds. The van der Waals surface area contributed by atoms with Crippen molar-refractivity contribution in [3.8, 4) is 17.6 Å². The first-order valence-corrected chi connectivity index (χ1v) is 10.4. The van der Waals surface area contributed by atoms with Crippen LogP contribution in [-0.4, -0.2) is 29.2 Å². The van der Waals surface area contributed by atoms with Crippen molar-refractivity contribution in [2.45, 2.75) is 19.9 Å². The number of amides is 1. The number of benzene rings is 2. The maximum absolute atomic E-state index is 13.9. The van der Waals surface area contributed by atoms with Gasteiger partial charge in [-0.15, -0.1) is 0 Å². The molecule has 7 heteroatoms. The molecule has 33 heavy (non-hydrogen) atoms. The quantitative estimate of drug-likeness (QED) is 0.585. The Balaban J connectivity index is 1.67. The number of phenolic OH excluding ortho intramolecular Hbond substituents is 1. The van der Waals surface area contributed by atoms with Gasteiger partial charge >= 0.3 is 0 Å². The van der Waals surface area contributed by atoms with E-state index >= 15 is 0 Å². The van der Waals surface area contributed by atoms with E-state index in [0.717, 1.165) is 12.1 Å². The highest BCUT2D eigenvalue weighted by atomic mass is 19.1. The second-order valence-corrected chi connectivity index (χ2v) is 8.35. The number of aryl methyl sites for hydroxylation is 1. The monoisotopic (exact) mass is 448 g/mol. The number of hydrogen-bond acceptors (Lipinski definition) is 4. The molecule has 1 unspecified atom stereocenters. The molecule has 0 bridgehead atoms. The second kappa shape index (κ2) is 9.00. The molecule has 0 spiro atoms. The summed E-state index contributed by atoms with van der Waals surface area (Å²) in [6.45, 7) is 4.89. The summed E-state index contributed by atoms with van der Waals surface area (Å²) in [4.78, 5) is 17.5. The molecular formula is C26H22F2N2O3. The Bertz CT molecular complexity index is 1260. The maximum Gasteiger partial charge on any atom is 0.270 e. The lowest BCUT2D eigenvalue weighted by Gasteiger charge is -2.32. The van der Waals surface area contributed by atoms with Crippen molar-refractivity contribution in [1.82, 2.24) is 10.3 Å². The first-order valence-electron chi connectivity index (χ1n) is 10.4. The van der Waals surface area contributed by atoms with Crippen molar-refractivity contribution in [3.63, 3.8) is 0 Å². The third-order valence-corrected chi connectivity index (χ3v) is 5.32. The molecule has 5 nitrogen and oxygen atoms in total. The second-order valence-electron chi connectivity index (χ2n) is 8.35. The minimum atomic E-state index is -0.934. The molecule has 0 aliphatic carbocycles. The molecule has 2 aromatic carbocycles. The third-order valence-electron chi connectivity index (χ3n) is 5.32. The molecule has 0 radical (unpaired) electrons. The van der Waals surface area contributed by atoms with E-state index in [1.165, 1.54) is 30.3 Å². The molecule has 2 heterocycles. The number of halogens is 2. The van der Waals surface area contributed by atoms with Crippen LogP contribution in [0.5, 0.6) is 5.75 Å². The number of carbonyl (C=O) groups excluding carboxylic acids is 1. The van der Waals surface area contributed by atoms with Crippen molar-refractivity contribution in [3.05, 3.63) is 94.3 Å². The zero-order valence-corrected chi connectivity index (χ0v) is 18.2. The highest BCUT2D eigenvalue weighted by Gasteiger charge is 2.31. The predicted octanol–water partition coefficient (Wildman–Crippen LogP) is 4.28. The Morgan fingerprint density at radius 3 is 2.48 bits per heavy atom. The van der Waals surface area contributed by atoms with Gasteiger partial charge in [0.05, 0.1) is 24.7 Å².